The molecule has 7 heteroatoms. The van der Waals surface area contributed by atoms with Crippen LogP contribution in [0.1, 0.15) is 45.1 Å². The van der Waals surface area contributed by atoms with Crippen LogP contribution in [-0.4, -0.2) is 21.3 Å². The van der Waals surface area contributed by atoms with Crippen molar-refractivity contribution in [3.8, 4) is 5.75 Å². The van der Waals surface area contributed by atoms with E-state index in [-0.39, 0.29) is 22.0 Å². The second kappa shape index (κ2) is 9.23. The van der Waals surface area contributed by atoms with Crippen LogP contribution in [-0.2, 0) is 15.3 Å². The maximum absolute atomic E-state index is 14.8. The van der Waals surface area contributed by atoms with E-state index in [4.69, 9.17) is 16.3 Å². The Labute approximate surface area is 170 Å². The van der Waals surface area contributed by atoms with Crippen LogP contribution in [0.15, 0.2) is 41.3 Å². The van der Waals surface area contributed by atoms with Crippen LogP contribution < -0.4 is 4.74 Å². The van der Waals surface area contributed by atoms with Crippen molar-refractivity contribution in [1.82, 2.24) is 0 Å². The third-order valence-corrected chi connectivity index (χ3v) is 7.14. The van der Waals surface area contributed by atoms with Crippen molar-refractivity contribution in [2.45, 2.75) is 49.8 Å². The van der Waals surface area contributed by atoms with Crippen molar-refractivity contribution >= 4 is 21.4 Å². The van der Waals surface area contributed by atoms with Gasteiger partial charge in [-0.1, -0.05) is 44.7 Å². The lowest BCUT2D eigenvalue weighted by Crippen LogP contribution is -2.33. The zero-order valence-electron chi connectivity index (χ0n) is 16.3. The minimum Gasteiger partial charge on any atom is -0.493 e. The van der Waals surface area contributed by atoms with Gasteiger partial charge in [0.1, 0.15) is 5.82 Å². The first-order valence-corrected chi connectivity index (χ1v) is 11.2. The molecule has 2 aromatic rings. The molecule has 0 saturated heterocycles. The summed E-state index contributed by atoms with van der Waals surface area (Å²) < 4.78 is 60.3. The molecule has 0 bridgehead atoms. The van der Waals surface area contributed by atoms with Gasteiger partial charge in [-0.3, -0.25) is 0 Å². The summed E-state index contributed by atoms with van der Waals surface area (Å²) in [6.07, 6.45) is 2.84. The van der Waals surface area contributed by atoms with E-state index in [2.05, 4.69) is 0 Å². The Bertz CT molecular complexity index is 914. The fourth-order valence-corrected chi connectivity index (χ4v) is 5.45. The highest BCUT2D eigenvalue weighted by Gasteiger charge is 2.38. The van der Waals surface area contributed by atoms with Crippen LogP contribution in [0, 0.1) is 11.6 Å². The van der Waals surface area contributed by atoms with Crippen molar-refractivity contribution in [2.75, 3.05) is 12.9 Å². The number of unbranched alkanes of at least 4 members (excludes halogenated alkanes) is 2. The van der Waals surface area contributed by atoms with Gasteiger partial charge in [0.25, 0.3) is 0 Å². The Kier molecular flexibility index (Phi) is 7.46. The average Bonchev–Trinajstić information content (AvgIpc) is 2.63. The molecule has 0 radical (unpaired) electrons. The topological polar surface area (TPSA) is 43.4 Å². The van der Waals surface area contributed by atoms with Gasteiger partial charge < -0.3 is 4.74 Å². The summed E-state index contributed by atoms with van der Waals surface area (Å²) in [5, 5.41) is 0.419. The van der Waals surface area contributed by atoms with Crippen LogP contribution in [0.5, 0.6) is 5.75 Å². The zero-order valence-corrected chi connectivity index (χ0v) is 17.8. The van der Waals surface area contributed by atoms with Crippen molar-refractivity contribution < 1.29 is 21.9 Å². The number of methoxy groups -OCH3 is 1. The number of benzene rings is 2. The zero-order chi connectivity index (χ0) is 20.9. The third kappa shape index (κ3) is 5.03. The molecule has 0 aliphatic rings. The molecule has 0 amide bonds. The predicted molar refractivity (Wildman–Crippen MR) is 108 cm³/mol. The summed E-state index contributed by atoms with van der Waals surface area (Å²) in [4.78, 5) is 0.0920. The first-order chi connectivity index (χ1) is 13.1. The van der Waals surface area contributed by atoms with Gasteiger partial charge in [-0.25, -0.2) is 17.2 Å². The van der Waals surface area contributed by atoms with Crippen LogP contribution >= 0.6 is 11.6 Å². The SMILES string of the molecule is CCCCCC(C)(CS(=O)(=O)c1ccc(Cl)cc1)c1c(F)ccc(F)c1OC. The van der Waals surface area contributed by atoms with Crippen LogP contribution in [0.2, 0.25) is 5.02 Å². The molecule has 0 aromatic heterocycles. The summed E-state index contributed by atoms with van der Waals surface area (Å²) in [7, 11) is -2.53. The molecule has 0 spiro atoms. The van der Waals surface area contributed by atoms with E-state index in [0.29, 0.717) is 17.9 Å². The van der Waals surface area contributed by atoms with E-state index in [0.717, 1.165) is 25.0 Å². The fraction of sp³-hybridized carbons (Fsp3) is 0.429. The quantitative estimate of drug-likeness (QED) is 0.462. The van der Waals surface area contributed by atoms with E-state index >= 15 is 0 Å². The Balaban J connectivity index is 2.56. The second-order valence-corrected chi connectivity index (χ2v) is 9.59. The van der Waals surface area contributed by atoms with Gasteiger partial charge in [0.15, 0.2) is 21.4 Å². The van der Waals surface area contributed by atoms with Crippen LogP contribution in [0.4, 0.5) is 8.78 Å². The third-order valence-electron chi connectivity index (χ3n) is 4.88. The maximum atomic E-state index is 14.8. The van der Waals surface area contributed by atoms with Gasteiger partial charge in [-0.05, 0) is 42.8 Å². The van der Waals surface area contributed by atoms with Crippen LogP contribution in [0.3, 0.4) is 0 Å². The molecule has 0 aliphatic heterocycles. The molecule has 2 rings (SSSR count). The smallest absolute Gasteiger partial charge is 0.179 e. The highest BCUT2D eigenvalue weighted by Crippen LogP contribution is 2.41. The Hall–Kier alpha value is -1.66. The summed E-state index contributed by atoms with van der Waals surface area (Å²) in [6, 6.07) is 7.82. The molecule has 28 heavy (non-hydrogen) atoms. The lowest BCUT2D eigenvalue weighted by atomic mass is 9.78. The average molecular weight is 431 g/mol. The molecule has 1 unspecified atom stereocenters. The van der Waals surface area contributed by atoms with Gasteiger partial charge in [-0.2, -0.15) is 0 Å². The molecule has 0 N–H and O–H groups in total. The van der Waals surface area contributed by atoms with Gasteiger partial charge in [0, 0.05) is 16.0 Å². The number of hydrogen-bond donors (Lipinski definition) is 0. The Morgan fingerprint density at radius 2 is 1.64 bits per heavy atom. The van der Waals surface area contributed by atoms with Crippen molar-refractivity contribution in [2.24, 2.45) is 0 Å². The molecule has 0 aliphatic carbocycles. The first-order valence-electron chi connectivity index (χ1n) is 9.15. The second-order valence-electron chi connectivity index (χ2n) is 7.17. The van der Waals surface area contributed by atoms with Crippen molar-refractivity contribution in [3.63, 3.8) is 0 Å². The minimum atomic E-state index is -3.78. The van der Waals surface area contributed by atoms with Gasteiger partial charge in [0.2, 0.25) is 0 Å². The van der Waals surface area contributed by atoms with E-state index in [1.807, 2.05) is 6.92 Å². The summed E-state index contributed by atoms with van der Waals surface area (Å²) in [5.41, 5.74) is -1.20. The number of ether oxygens (including phenoxy) is 1. The van der Waals surface area contributed by atoms with Crippen molar-refractivity contribution in [3.05, 3.63) is 58.6 Å². The predicted octanol–water partition coefficient (Wildman–Crippen LogP) is 5.94. The summed E-state index contributed by atoms with van der Waals surface area (Å²) in [6.45, 7) is 3.67. The summed E-state index contributed by atoms with van der Waals surface area (Å²) in [5.74, 6) is -2.01. The lowest BCUT2D eigenvalue weighted by molar-refractivity contribution is 0.347. The highest BCUT2D eigenvalue weighted by molar-refractivity contribution is 7.91. The summed E-state index contributed by atoms with van der Waals surface area (Å²) >= 11 is 5.85. The van der Waals surface area contributed by atoms with E-state index in [1.54, 1.807) is 6.92 Å². The molecule has 1 atom stereocenters. The number of hydrogen-bond acceptors (Lipinski definition) is 3. The molecular formula is C21H25ClF2O3S. The molecular weight excluding hydrogens is 406 g/mol. The number of halogens is 3. The monoisotopic (exact) mass is 430 g/mol. The number of rotatable bonds is 9. The molecule has 0 fully saturated rings. The van der Waals surface area contributed by atoms with Crippen molar-refractivity contribution in [1.29, 1.82) is 0 Å². The van der Waals surface area contributed by atoms with Crippen LogP contribution in [0.25, 0.3) is 0 Å². The van der Waals surface area contributed by atoms with Gasteiger partial charge in [-0.15, -0.1) is 0 Å². The maximum Gasteiger partial charge on any atom is 0.179 e. The minimum absolute atomic E-state index is 0.0383. The normalized spacial score (nSPS) is 13.9. The highest BCUT2D eigenvalue weighted by atomic mass is 35.5. The largest absolute Gasteiger partial charge is 0.493 e. The van der Waals surface area contributed by atoms with E-state index < -0.39 is 26.9 Å². The molecule has 0 saturated carbocycles. The lowest BCUT2D eigenvalue weighted by Gasteiger charge is -2.32. The standard InChI is InChI=1S/C21H25ClF2O3S/c1-4-5-6-13-21(2,19-17(23)11-12-18(24)20(19)27-3)14-28(25,26)16-9-7-15(22)8-10-16/h7-12H,4-6,13-14H2,1-3H3. The fourth-order valence-electron chi connectivity index (χ4n) is 3.47. The van der Waals surface area contributed by atoms with Gasteiger partial charge >= 0.3 is 0 Å². The first kappa shape index (κ1) is 22.6. The van der Waals surface area contributed by atoms with E-state index in [9.17, 15) is 17.2 Å². The molecule has 0 heterocycles. The Morgan fingerprint density at radius 3 is 2.21 bits per heavy atom. The van der Waals surface area contributed by atoms with E-state index in [1.165, 1.54) is 31.4 Å². The number of sulfone groups is 1. The van der Waals surface area contributed by atoms with Gasteiger partial charge in [0.05, 0.1) is 17.8 Å². The molecule has 2 aromatic carbocycles. The molecule has 154 valence electrons. The molecule has 3 nitrogen and oxygen atoms in total. The Morgan fingerprint density at radius 1 is 1.04 bits per heavy atom.